The number of nitrogens with zero attached hydrogens (tertiary/aromatic N) is 1. The summed E-state index contributed by atoms with van der Waals surface area (Å²) >= 11 is 1.70. The second-order valence-corrected chi connectivity index (χ2v) is 6.03. The van der Waals surface area contributed by atoms with Gasteiger partial charge in [0.05, 0.1) is 5.71 Å². The maximum atomic E-state index is 11.0. The summed E-state index contributed by atoms with van der Waals surface area (Å²) in [6.45, 7) is 5.06. The molecule has 0 aliphatic carbocycles. The monoisotopic (exact) mass is 325 g/mol. The predicted molar refractivity (Wildman–Crippen MR) is 94.7 cm³/mol. The van der Waals surface area contributed by atoms with E-state index in [2.05, 4.69) is 23.9 Å². The van der Waals surface area contributed by atoms with Gasteiger partial charge in [0.1, 0.15) is 0 Å². The van der Waals surface area contributed by atoms with Crippen LogP contribution in [0.3, 0.4) is 0 Å². The van der Waals surface area contributed by atoms with Crippen molar-refractivity contribution in [3.63, 3.8) is 0 Å². The molecule has 0 aliphatic rings. The summed E-state index contributed by atoms with van der Waals surface area (Å²) in [5.41, 5.74) is 1.70. The first-order valence-corrected chi connectivity index (χ1v) is 8.19. The van der Waals surface area contributed by atoms with Gasteiger partial charge in [0.15, 0.2) is 0 Å². The van der Waals surface area contributed by atoms with Crippen LogP contribution in [-0.2, 0) is 9.63 Å². The van der Waals surface area contributed by atoms with Gasteiger partial charge >= 0.3 is 5.97 Å². The Labute approximate surface area is 141 Å². The molecule has 0 radical (unpaired) electrons. The zero-order chi connectivity index (χ0) is 16.5. The maximum Gasteiger partial charge on any atom is 0.331 e. The van der Waals surface area contributed by atoms with Crippen LogP contribution in [0.2, 0.25) is 0 Å². The predicted octanol–water partition coefficient (Wildman–Crippen LogP) is 5.07. The summed E-state index contributed by atoms with van der Waals surface area (Å²) in [5.74, 6) is -0.419. The number of rotatable bonds is 7. The minimum absolute atomic E-state index is 0.419. The van der Waals surface area contributed by atoms with E-state index < -0.39 is 5.97 Å². The van der Waals surface area contributed by atoms with Crippen molar-refractivity contribution in [3.05, 3.63) is 72.8 Å². The molecule has 118 valence electrons. The molecule has 2 aromatic rings. The largest absolute Gasteiger partial charge is 0.331 e. The highest BCUT2D eigenvalue weighted by atomic mass is 32.2. The molecule has 0 amide bonds. The van der Waals surface area contributed by atoms with Crippen molar-refractivity contribution in [1.82, 2.24) is 0 Å². The first kappa shape index (κ1) is 17.0. The first-order valence-electron chi connectivity index (χ1n) is 7.37. The third-order valence-corrected chi connectivity index (χ3v) is 4.05. The number of hydrogen-bond donors (Lipinski definition) is 0. The first-order chi connectivity index (χ1) is 11.2. The molecule has 0 atom stereocenters. The molecular weight excluding hydrogens is 306 g/mol. The van der Waals surface area contributed by atoms with Gasteiger partial charge < -0.3 is 4.84 Å². The molecule has 0 fully saturated rings. The Bertz CT molecular complexity index is 678. The second kappa shape index (κ2) is 8.96. The van der Waals surface area contributed by atoms with Gasteiger partial charge in [-0.1, -0.05) is 53.3 Å². The van der Waals surface area contributed by atoms with Gasteiger partial charge in [0.2, 0.25) is 0 Å². The molecule has 3 nitrogen and oxygen atoms in total. The topological polar surface area (TPSA) is 38.7 Å². The molecule has 0 aliphatic heterocycles. The molecule has 0 spiro atoms. The molecule has 0 bridgehead atoms. The van der Waals surface area contributed by atoms with E-state index in [1.54, 1.807) is 11.8 Å². The van der Waals surface area contributed by atoms with E-state index in [-0.39, 0.29) is 0 Å². The fourth-order valence-electron chi connectivity index (χ4n) is 1.94. The van der Waals surface area contributed by atoms with Crippen LogP contribution < -0.4 is 0 Å². The Morgan fingerprint density at radius 2 is 1.78 bits per heavy atom. The number of hydrogen-bond acceptors (Lipinski definition) is 4. The lowest BCUT2D eigenvalue weighted by Crippen LogP contribution is -2.03. The van der Waals surface area contributed by atoms with Crippen LogP contribution in [0.5, 0.6) is 0 Å². The number of carbonyl (C=O) groups excluding carboxylic acids is 1. The lowest BCUT2D eigenvalue weighted by atomic mass is 10.1. The quantitative estimate of drug-likeness (QED) is 0.309. The highest BCUT2D eigenvalue weighted by Gasteiger charge is 2.06. The highest BCUT2D eigenvalue weighted by molar-refractivity contribution is 7.99. The Hall–Kier alpha value is -2.33. The third kappa shape index (κ3) is 5.75. The van der Waals surface area contributed by atoms with Crippen molar-refractivity contribution in [2.24, 2.45) is 5.16 Å². The van der Waals surface area contributed by atoms with Gasteiger partial charge in [0, 0.05) is 16.7 Å². The Kier molecular flexibility index (Phi) is 6.63. The zero-order valence-electron chi connectivity index (χ0n) is 13.1. The van der Waals surface area contributed by atoms with Crippen molar-refractivity contribution in [2.75, 3.05) is 0 Å². The van der Waals surface area contributed by atoms with E-state index in [0.29, 0.717) is 6.42 Å². The van der Waals surface area contributed by atoms with Crippen LogP contribution >= 0.6 is 11.8 Å². The second-order valence-electron chi connectivity index (χ2n) is 4.89. The van der Waals surface area contributed by atoms with E-state index in [4.69, 9.17) is 4.84 Å². The fraction of sp³-hybridized carbons (Fsp3) is 0.158. The smallest absolute Gasteiger partial charge is 0.318 e. The van der Waals surface area contributed by atoms with Gasteiger partial charge in [-0.15, -0.1) is 6.58 Å². The van der Waals surface area contributed by atoms with Gasteiger partial charge in [-0.25, -0.2) is 4.79 Å². The molecule has 0 saturated heterocycles. The zero-order valence-corrected chi connectivity index (χ0v) is 13.9. The van der Waals surface area contributed by atoms with E-state index in [1.807, 2.05) is 48.5 Å². The van der Waals surface area contributed by atoms with Crippen LogP contribution in [0.4, 0.5) is 0 Å². The number of benzene rings is 2. The molecule has 0 aromatic heterocycles. The van der Waals surface area contributed by atoms with E-state index >= 15 is 0 Å². The van der Waals surface area contributed by atoms with Crippen molar-refractivity contribution in [2.45, 2.75) is 29.6 Å². The highest BCUT2D eigenvalue weighted by Crippen LogP contribution is 2.27. The van der Waals surface area contributed by atoms with Crippen molar-refractivity contribution < 1.29 is 9.63 Å². The van der Waals surface area contributed by atoms with Crippen LogP contribution in [0.25, 0.3) is 0 Å². The maximum absolute atomic E-state index is 11.0. The van der Waals surface area contributed by atoms with Gasteiger partial charge in [0.25, 0.3) is 0 Å². The molecule has 0 unspecified atom stereocenters. The molecule has 2 aromatic carbocycles. The number of carbonyl (C=O) groups is 1. The normalized spacial score (nSPS) is 11.1. The van der Waals surface area contributed by atoms with Crippen molar-refractivity contribution in [3.8, 4) is 0 Å². The minimum Gasteiger partial charge on any atom is -0.318 e. The van der Waals surface area contributed by atoms with E-state index in [0.717, 1.165) is 22.6 Å². The van der Waals surface area contributed by atoms with Gasteiger partial charge in [-0.2, -0.15) is 0 Å². The van der Waals surface area contributed by atoms with Gasteiger partial charge in [-0.05, 0) is 42.7 Å². The molecule has 4 heteroatoms. The van der Waals surface area contributed by atoms with Crippen molar-refractivity contribution >= 4 is 23.4 Å². The standard InChI is InChI=1S/C19H19NO2S/c1-3-4-10-19(20-22-15(2)21)16-11-13-18(14-12-16)23-17-8-6-5-7-9-17/h3,5-9,11-14H,1,4,10H2,2H3/b20-19+. The minimum atomic E-state index is -0.419. The molecule has 23 heavy (non-hydrogen) atoms. The van der Waals surface area contributed by atoms with E-state index in [1.165, 1.54) is 11.8 Å². The van der Waals surface area contributed by atoms with Crippen molar-refractivity contribution in [1.29, 1.82) is 0 Å². The summed E-state index contributed by atoms with van der Waals surface area (Å²) in [6, 6.07) is 18.3. The number of oxime groups is 1. The molecule has 0 N–H and O–H groups in total. The summed E-state index contributed by atoms with van der Waals surface area (Å²) in [5, 5.41) is 3.96. The van der Waals surface area contributed by atoms with E-state index in [9.17, 15) is 4.79 Å². The lowest BCUT2D eigenvalue weighted by Gasteiger charge is -2.06. The summed E-state index contributed by atoms with van der Waals surface area (Å²) in [4.78, 5) is 18.1. The Morgan fingerprint density at radius 3 is 2.39 bits per heavy atom. The molecular formula is C19H19NO2S. The van der Waals surface area contributed by atoms with Crippen LogP contribution in [0.15, 0.2) is 82.2 Å². The third-order valence-electron chi connectivity index (χ3n) is 3.04. The average molecular weight is 325 g/mol. The molecule has 2 rings (SSSR count). The van der Waals surface area contributed by atoms with Crippen LogP contribution in [0.1, 0.15) is 25.3 Å². The molecule has 0 saturated carbocycles. The number of allylic oxidation sites excluding steroid dienone is 1. The summed E-state index contributed by atoms with van der Waals surface area (Å²) < 4.78 is 0. The SMILES string of the molecule is C=CCC/C(=N\OC(C)=O)c1ccc(Sc2ccccc2)cc1. The lowest BCUT2D eigenvalue weighted by molar-refractivity contribution is -0.140. The average Bonchev–Trinajstić information content (AvgIpc) is 2.57. The fourth-order valence-corrected chi connectivity index (χ4v) is 2.78. The van der Waals surface area contributed by atoms with Crippen LogP contribution in [0, 0.1) is 0 Å². The summed E-state index contributed by atoms with van der Waals surface area (Å²) in [7, 11) is 0. The van der Waals surface area contributed by atoms with Gasteiger partial charge in [-0.3, -0.25) is 0 Å². The Balaban J connectivity index is 2.12. The molecule has 0 heterocycles. The Morgan fingerprint density at radius 1 is 1.13 bits per heavy atom. The summed E-state index contributed by atoms with van der Waals surface area (Å²) in [6.07, 6.45) is 3.28. The van der Waals surface area contributed by atoms with Crippen LogP contribution in [-0.4, -0.2) is 11.7 Å².